The molecule has 1 aromatic heterocycles. The normalized spacial score (nSPS) is 12.2. The van der Waals surface area contributed by atoms with Crippen LogP contribution in [0.2, 0.25) is 0 Å². The van der Waals surface area contributed by atoms with Gasteiger partial charge >= 0.3 is 0 Å². The number of nitriles is 1. The molecule has 242 valence electrons. The molecule has 2 amide bonds. The molecule has 1 aliphatic heterocycles. The number of amides is 2. The SMILES string of the molecule is [C-]#[N+]c1ccc(-c2ccc3c4ccc(-c5ccc(C#N)cc5)cc4n(-c4cccc5c4C(=O)N(c4ccccc4-c4ccccc4)C5=O)c3c2)cc1. The molecule has 0 unspecified atom stereocenters. The Hall–Kier alpha value is -7.54. The Labute approximate surface area is 299 Å². The van der Waals surface area contributed by atoms with Gasteiger partial charge in [-0.2, -0.15) is 5.26 Å². The van der Waals surface area contributed by atoms with Crippen molar-refractivity contribution < 1.29 is 9.59 Å². The van der Waals surface area contributed by atoms with Crippen LogP contribution in [-0.2, 0) is 0 Å². The van der Waals surface area contributed by atoms with E-state index in [2.05, 4.69) is 51.9 Å². The molecule has 0 atom stereocenters. The van der Waals surface area contributed by atoms with Crippen LogP contribution in [0.1, 0.15) is 26.3 Å². The fourth-order valence-electron chi connectivity index (χ4n) is 7.31. The van der Waals surface area contributed by atoms with E-state index in [-0.39, 0.29) is 11.8 Å². The summed E-state index contributed by atoms with van der Waals surface area (Å²) < 4.78 is 2.09. The van der Waals surface area contributed by atoms with Gasteiger partial charge in [0.1, 0.15) is 0 Å². The van der Waals surface area contributed by atoms with Gasteiger partial charge in [-0.25, -0.2) is 9.74 Å². The molecule has 0 saturated heterocycles. The quantitative estimate of drug-likeness (QED) is 0.136. The Morgan fingerprint density at radius 2 is 1.08 bits per heavy atom. The summed E-state index contributed by atoms with van der Waals surface area (Å²) in [5.41, 5.74) is 10.2. The lowest BCUT2D eigenvalue weighted by Crippen LogP contribution is -2.30. The maximum Gasteiger partial charge on any atom is 0.268 e. The zero-order valence-corrected chi connectivity index (χ0v) is 27.6. The number of rotatable bonds is 5. The molecular formula is C46H26N4O2. The lowest BCUT2D eigenvalue weighted by Gasteiger charge is -2.19. The summed E-state index contributed by atoms with van der Waals surface area (Å²) in [6.45, 7) is 7.38. The highest BCUT2D eigenvalue weighted by Gasteiger charge is 2.40. The topological polar surface area (TPSA) is 70.5 Å². The maximum atomic E-state index is 14.7. The fraction of sp³-hybridized carbons (Fsp3) is 0. The van der Waals surface area contributed by atoms with E-state index in [1.54, 1.807) is 18.2 Å². The van der Waals surface area contributed by atoms with Crippen LogP contribution in [0.15, 0.2) is 158 Å². The molecule has 0 fully saturated rings. The van der Waals surface area contributed by atoms with Crippen molar-refractivity contribution in [3.8, 4) is 45.1 Å². The Bertz CT molecular complexity index is 2720. The average molecular weight is 667 g/mol. The number of aromatic nitrogens is 1. The van der Waals surface area contributed by atoms with Crippen molar-refractivity contribution in [3.05, 3.63) is 186 Å². The third-order valence-electron chi connectivity index (χ3n) is 9.81. The zero-order chi connectivity index (χ0) is 35.3. The van der Waals surface area contributed by atoms with Gasteiger partial charge in [0.15, 0.2) is 5.69 Å². The molecular weight excluding hydrogens is 641 g/mol. The first kappa shape index (κ1) is 30.5. The molecule has 6 heteroatoms. The minimum absolute atomic E-state index is 0.338. The molecule has 0 bridgehead atoms. The first-order valence-electron chi connectivity index (χ1n) is 16.8. The molecule has 1 aliphatic rings. The first-order chi connectivity index (χ1) is 25.5. The van der Waals surface area contributed by atoms with Crippen LogP contribution in [-0.4, -0.2) is 16.4 Å². The van der Waals surface area contributed by atoms with E-state index < -0.39 is 0 Å². The molecule has 7 aromatic carbocycles. The summed E-state index contributed by atoms with van der Waals surface area (Å²) in [4.78, 5) is 33.8. The number of nitrogens with zero attached hydrogens (tertiary/aromatic N) is 4. The van der Waals surface area contributed by atoms with E-state index in [9.17, 15) is 14.9 Å². The summed E-state index contributed by atoms with van der Waals surface area (Å²) >= 11 is 0. The number of imide groups is 1. The zero-order valence-electron chi connectivity index (χ0n) is 27.6. The van der Waals surface area contributed by atoms with Gasteiger partial charge in [0.25, 0.3) is 11.8 Å². The second-order valence-electron chi connectivity index (χ2n) is 12.7. The summed E-state index contributed by atoms with van der Waals surface area (Å²) in [6, 6.07) is 52.4. The number of hydrogen-bond donors (Lipinski definition) is 0. The van der Waals surface area contributed by atoms with Crippen LogP contribution in [0, 0.1) is 17.9 Å². The van der Waals surface area contributed by atoms with Crippen LogP contribution in [0.25, 0.3) is 65.7 Å². The van der Waals surface area contributed by atoms with Crippen LogP contribution in [0.5, 0.6) is 0 Å². The number of anilines is 1. The van der Waals surface area contributed by atoms with Gasteiger partial charge in [-0.15, -0.1) is 0 Å². The second-order valence-corrected chi connectivity index (χ2v) is 12.7. The predicted octanol–water partition coefficient (Wildman–Crippen LogP) is 11.0. The summed E-state index contributed by atoms with van der Waals surface area (Å²) in [5, 5.41) is 11.4. The third-order valence-corrected chi connectivity index (χ3v) is 9.81. The number of benzene rings is 7. The van der Waals surface area contributed by atoms with Gasteiger partial charge in [-0.1, -0.05) is 115 Å². The number of carbonyl (C=O) groups is 2. The van der Waals surface area contributed by atoms with E-state index in [1.807, 2.05) is 103 Å². The summed E-state index contributed by atoms with van der Waals surface area (Å²) in [7, 11) is 0. The van der Waals surface area contributed by atoms with Crippen molar-refractivity contribution >= 4 is 45.0 Å². The smallest absolute Gasteiger partial charge is 0.268 e. The Morgan fingerprint density at radius 1 is 0.519 bits per heavy atom. The van der Waals surface area contributed by atoms with Crippen molar-refractivity contribution in [2.24, 2.45) is 0 Å². The standard InChI is InChI=1S/C46H26N4O2/c1-48-35-22-18-31(19-23-35)34-21-25-38-37-24-20-33(30-16-14-29(28-47)15-17-30)26-42(37)49(43(38)27-34)41-13-7-11-39-44(41)46(52)50(45(39)51)40-12-6-5-10-36(40)32-8-3-2-4-9-32/h2-27H. The van der Waals surface area contributed by atoms with Gasteiger partial charge in [0.05, 0.1) is 51.7 Å². The number of para-hydroxylation sites is 1. The molecule has 6 nitrogen and oxygen atoms in total. The lowest BCUT2D eigenvalue weighted by atomic mass is 10.0. The number of carbonyl (C=O) groups excluding carboxylic acids is 2. The molecule has 0 N–H and O–H groups in total. The Balaban J connectivity index is 1.28. The van der Waals surface area contributed by atoms with E-state index in [1.165, 1.54) is 4.90 Å². The first-order valence-corrected chi connectivity index (χ1v) is 16.8. The van der Waals surface area contributed by atoms with Gasteiger partial charge < -0.3 is 4.57 Å². The van der Waals surface area contributed by atoms with Crippen molar-refractivity contribution in [1.82, 2.24) is 4.57 Å². The minimum atomic E-state index is -0.386. The minimum Gasteiger partial charge on any atom is -0.308 e. The number of hydrogen-bond acceptors (Lipinski definition) is 3. The van der Waals surface area contributed by atoms with Gasteiger partial charge in [0.2, 0.25) is 0 Å². The van der Waals surface area contributed by atoms with Crippen LogP contribution in [0.4, 0.5) is 11.4 Å². The van der Waals surface area contributed by atoms with Gasteiger partial charge in [-0.3, -0.25) is 9.59 Å². The fourth-order valence-corrected chi connectivity index (χ4v) is 7.31. The van der Waals surface area contributed by atoms with Gasteiger partial charge in [0, 0.05) is 16.3 Å². The van der Waals surface area contributed by atoms with E-state index >= 15 is 0 Å². The largest absolute Gasteiger partial charge is 0.308 e. The highest BCUT2D eigenvalue weighted by atomic mass is 16.2. The molecule has 0 spiro atoms. The molecule has 0 saturated carbocycles. The van der Waals surface area contributed by atoms with Crippen LogP contribution < -0.4 is 4.90 Å². The monoisotopic (exact) mass is 666 g/mol. The highest BCUT2D eigenvalue weighted by molar-refractivity contribution is 6.36. The predicted molar refractivity (Wildman–Crippen MR) is 206 cm³/mol. The van der Waals surface area contributed by atoms with Crippen molar-refractivity contribution in [2.75, 3.05) is 4.90 Å². The Kier molecular flexibility index (Phi) is 7.10. The second kappa shape index (κ2) is 12.1. The van der Waals surface area contributed by atoms with Crippen LogP contribution >= 0.6 is 0 Å². The van der Waals surface area contributed by atoms with Crippen LogP contribution in [0.3, 0.4) is 0 Å². The number of fused-ring (bicyclic) bond motifs is 4. The van der Waals surface area contributed by atoms with E-state index in [4.69, 9.17) is 6.57 Å². The Morgan fingerprint density at radius 3 is 1.71 bits per heavy atom. The summed E-state index contributed by atoms with van der Waals surface area (Å²) in [6.07, 6.45) is 0. The molecule has 9 rings (SSSR count). The highest BCUT2D eigenvalue weighted by Crippen LogP contribution is 2.42. The molecule has 0 radical (unpaired) electrons. The maximum absolute atomic E-state index is 14.7. The van der Waals surface area contributed by atoms with Crippen molar-refractivity contribution in [1.29, 1.82) is 5.26 Å². The third kappa shape index (κ3) is 4.79. The van der Waals surface area contributed by atoms with Gasteiger partial charge in [-0.05, 0) is 70.3 Å². The average Bonchev–Trinajstić information content (AvgIpc) is 3.67. The summed E-state index contributed by atoms with van der Waals surface area (Å²) in [5.74, 6) is -0.757. The molecule has 0 aliphatic carbocycles. The molecule has 8 aromatic rings. The lowest BCUT2D eigenvalue weighted by molar-refractivity contribution is 0.0926. The van der Waals surface area contributed by atoms with Crippen molar-refractivity contribution in [3.63, 3.8) is 0 Å². The molecule has 2 heterocycles. The van der Waals surface area contributed by atoms with Crippen molar-refractivity contribution in [2.45, 2.75) is 0 Å². The van der Waals surface area contributed by atoms with E-state index in [0.717, 1.165) is 55.2 Å². The molecule has 52 heavy (non-hydrogen) atoms. The van der Waals surface area contributed by atoms with E-state index in [0.29, 0.717) is 33.8 Å².